The van der Waals surface area contributed by atoms with Gasteiger partial charge >= 0.3 is 0 Å². The Balaban J connectivity index is 3.25. The van der Waals surface area contributed by atoms with Crippen LogP contribution in [0.3, 0.4) is 0 Å². The Morgan fingerprint density at radius 1 is 1.37 bits per heavy atom. The first-order chi connectivity index (χ1) is 8.66. The highest BCUT2D eigenvalue weighted by atomic mass is 16.3. The van der Waals surface area contributed by atoms with Gasteiger partial charge in [-0.25, -0.2) is 0 Å². The van der Waals surface area contributed by atoms with E-state index in [2.05, 4.69) is 5.32 Å². The van der Waals surface area contributed by atoms with E-state index in [-0.39, 0.29) is 17.1 Å². The van der Waals surface area contributed by atoms with E-state index >= 15 is 0 Å². The summed E-state index contributed by atoms with van der Waals surface area (Å²) >= 11 is 0. The number of rotatable bonds is 2. The number of phenolic OH excluding ortho intramolecular Hbond substituents is 1. The van der Waals surface area contributed by atoms with Crippen LogP contribution in [0.2, 0.25) is 0 Å². The second-order valence-electron chi connectivity index (χ2n) is 5.64. The summed E-state index contributed by atoms with van der Waals surface area (Å²) in [4.78, 5) is 12.0. The molecule has 4 heteroatoms. The second kappa shape index (κ2) is 5.34. The number of nitrogens with one attached hydrogen (secondary N) is 1. The molecular weight excluding hydrogens is 240 g/mol. The topological polar surface area (TPSA) is 75.3 Å². The van der Waals surface area contributed by atoms with Gasteiger partial charge in [-0.3, -0.25) is 4.79 Å². The number of nitrogens with two attached hydrogens (primary N) is 1. The molecule has 0 saturated heterocycles. The Bertz CT molecular complexity index is 526. The number of amides is 1. The molecule has 0 atom stereocenters. The maximum Gasteiger partial charge on any atom is 0.256 e. The molecule has 1 aromatic rings. The molecule has 19 heavy (non-hydrogen) atoms. The van der Waals surface area contributed by atoms with Gasteiger partial charge < -0.3 is 16.2 Å². The van der Waals surface area contributed by atoms with E-state index in [4.69, 9.17) is 5.73 Å². The average Bonchev–Trinajstić information content (AvgIpc) is 2.30. The third-order valence-corrected chi connectivity index (χ3v) is 2.94. The number of aryl methyl sites for hydroxylation is 1. The van der Waals surface area contributed by atoms with Crippen molar-refractivity contribution >= 4 is 5.91 Å². The molecule has 4 nitrogen and oxygen atoms in total. The van der Waals surface area contributed by atoms with Crippen molar-refractivity contribution in [2.45, 2.75) is 40.0 Å². The van der Waals surface area contributed by atoms with E-state index in [0.717, 1.165) is 5.56 Å². The third-order valence-electron chi connectivity index (χ3n) is 2.94. The Hall–Kier alpha value is -1.97. The quantitative estimate of drug-likeness (QED) is 0.766. The van der Waals surface area contributed by atoms with Crippen LogP contribution in [0, 0.1) is 6.92 Å². The summed E-state index contributed by atoms with van der Waals surface area (Å²) in [5.41, 5.74) is 7.26. The lowest BCUT2D eigenvalue weighted by Gasteiger charge is -2.22. The Morgan fingerprint density at radius 2 is 1.95 bits per heavy atom. The average molecular weight is 262 g/mol. The fourth-order valence-corrected chi connectivity index (χ4v) is 1.76. The summed E-state index contributed by atoms with van der Waals surface area (Å²) in [7, 11) is 0. The lowest BCUT2D eigenvalue weighted by atomic mass is 9.84. The van der Waals surface area contributed by atoms with Crippen LogP contribution in [0.5, 0.6) is 5.75 Å². The number of carbonyl (C=O) groups is 1. The smallest absolute Gasteiger partial charge is 0.256 e. The lowest BCUT2D eigenvalue weighted by Crippen LogP contribution is -2.27. The summed E-state index contributed by atoms with van der Waals surface area (Å²) in [6.07, 6.45) is 1.62. The van der Waals surface area contributed by atoms with Crippen molar-refractivity contribution < 1.29 is 9.90 Å². The van der Waals surface area contributed by atoms with Gasteiger partial charge in [-0.2, -0.15) is 0 Å². The first-order valence-corrected chi connectivity index (χ1v) is 6.24. The van der Waals surface area contributed by atoms with Crippen LogP contribution in [0.1, 0.15) is 49.2 Å². The van der Waals surface area contributed by atoms with Gasteiger partial charge in [0.15, 0.2) is 0 Å². The van der Waals surface area contributed by atoms with Crippen molar-refractivity contribution in [1.29, 1.82) is 0 Å². The van der Waals surface area contributed by atoms with E-state index in [9.17, 15) is 9.90 Å². The molecule has 0 aromatic heterocycles. The van der Waals surface area contributed by atoms with Gasteiger partial charge in [0.1, 0.15) is 5.75 Å². The Labute approximate surface area is 114 Å². The van der Waals surface area contributed by atoms with E-state index in [1.165, 1.54) is 0 Å². The van der Waals surface area contributed by atoms with Crippen molar-refractivity contribution in [3.63, 3.8) is 0 Å². The van der Waals surface area contributed by atoms with Crippen molar-refractivity contribution in [3.05, 3.63) is 40.7 Å². The zero-order valence-corrected chi connectivity index (χ0v) is 12.2. The minimum Gasteiger partial charge on any atom is -0.507 e. The monoisotopic (exact) mass is 262 g/mol. The lowest BCUT2D eigenvalue weighted by molar-refractivity contribution is 0.0965. The standard InChI is InChI=1S/C15H22N2O2/c1-6-12(16)17-14(19)10-7-9(2)13(18)11(8-10)15(3,4)5/h6-8,18H,16H2,1-5H3,(H,17,19). The van der Waals surface area contributed by atoms with E-state index in [1.807, 2.05) is 20.8 Å². The number of benzene rings is 1. The second-order valence-corrected chi connectivity index (χ2v) is 5.64. The number of hydrogen-bond acceptors (Lipinski definition) is 3. The molecule has 0 aliphatic rings. The minimum atomic E-state index is -0.274. The summed E-state index contributed by atoms with van der Waals surface area (Å²) in [5, 5.41) is 12.7. The maximum absolute atomic E-state index is 12.0. The van der Waals surface area contributed by atoms with E-state index in [1.54, 1.807) is 32.1 Å². The Morgan fingerprint density at radius 3 is 2.42 bits per heavy atom. The molecule has 0 aliphatic heterocycles. The predicted molar refractivity (Wildman–Crippen MR) is 77.0 cm³/mol. The maximum atomic E-state index is 12.0. The predicted octanol–water partition coefficient (Wildman–Crippen LogP) is 2.55. The molecule has 0 unspecified atom stereocenters. The van der Waals surface area contributed by atoms with Crippen LogP contribution in [0.15, 0.2) is 24.0 Å². The highest BCUT2D eigenvalue weighted by Crippen LogP contribution is 2.34. The normalized spacial score (nSPS) is 12.4. The number of hydrogen-bond donors (Lipinski definition) is 3. The van der Waals surface area contributed by atoms with Gasteiger partial charge in [0.25, 0.3) is 5.91 Å². The number of aromatic hydroxyl groups is 1. The molecule has 0 aliphatic carbocycles. The molecule has 0 fully saturated rings. The van der Waals surface area contributed by atoms with Crippen LogP contribution < -0.4 is 11.1 Å². The molecule has 0 saturated carbocycles. The first kappa shape index (κ1) is 15.1. The zero-order chi connectivity index (χ0) is 14.8. The Kier molecular flexibility index (Phi) is 4.24. The molecule has 0 radical (unpaired) electrons. The van der Waals surface area contributed by atoms with Gasteiger partial charge in [-0.15, -0.1) is 0 Å². The van der Waals surface area contributed by atoms with E-state index in [0.29, 0.717) is 16.9 Å². The molecule has 0 spiro atoms. The molecule has 4 N–H and O–H groups in total. The zero-order valence-electron chi connectivity index (χ0n) is 12.2. The molecule has 104 valence electrons. The van der Waals surface area contributed by atoms with Crippen molar-refractivity contribution in [1.82, 2.24) is 5.32 Å². The van der Waals surface area contributed by atoms with Crippen LogP contribution in [-0.4, -0.2) is 11.0 Å². The molecule has 1 rings (SSSR count). The number of phenols is 1. The van der Waals surface area contributed by atoms with Gasteiger partial charge in [0, 0.05) is 11.1 Å². The van der Waals surface area contributed by atoms with Gasteiger partial charge in [-0.05, 0) is 43.0 Å². The van der Waals surface area contributed by atoms with Gasteiger partial charge in [-0.1, -0.05) is 20.8 Å². The molecule has 0 heterocycles. The largest absolute Gasteiger partial charge is 0.507 e. The molecule has 0 bridgehead atoms. The highest BCUT2D eigenvalue weighted by Gasteiger charge is 2.21. The van der Waals surface area contributed by atoms with Crippen LogP contribution in [-0.2, 0) is 5.41 Å². The summed E-state index contributed by atoms with van der Waals surface area (Å²) in [6, 6.07) is 3.36. The fourth-order valence-electron chi connectivity index (χ4n) is 1.76. The van der Waals surface area contributed by atoms with Crippen molar-refractivity contribution in [2.24, 2.45) is 5.73 Å². The van der Waals surface area contributed by atoms with Crippen LogP contribution in [0.4, 0.5) is 0 Å². The van der Waals surface area contributed by atoms with Crippen molar-refractivity contribution in [2.75, 3.05) is 0 Å². The molecular formula is C15H22N2O2. The minimum absolute atomic E-state index is 0.239. The van der Waals surface area contributed by atoms with Crippen LogP contribution >= 0.6 is 0 Å². The fraction of sp³-hybridized carbons (Fsp3) is 0.400. The van der Waals surface area contributed by atoms with Crippen molar-refractivity contribution in [3.8, 4) is 5.75 Å². The molecule has 1 aromatic carbocycles. The number of allylic oxidation sites excluding steroid dienone is 1. The van der Waals surface area contributed by atoms with Gasteiger partial charge in [0.05, 0.1) is 5.82 Å². The number of carbonyl (C=O) groups excluding carboxylic acids is 1. The molecule has 1 amide bonds. The van der Waals surface area contributed by atoms with Crippen LogP contribution in [0.25, 0.3) is 0 Å². The third kappa shape index (κ3) is 3.50. The first-order valence-electron chi connectivity index (χ1n) is 6.24. The summed E-state index contributed by atoms with van der Waals surface area (Å²) in [5.74, 6) is 0.278. The van der Waals surface area contributed by atoms with Gasteiger partial charge in [0.2, 0.25) is 0 Å². The van der Waals surface area contributed by atoms with E-state index < -0.39 is 0 Å². The SMILES string of the molecule is CC=C(N)NC(=O)c1cc(C)c(O)c(C(C)(C)C)c1. The summed E-state index contributed by atoms with van der Waals surface area (Å²) in [6.45, 7) is 9.50. The highest BCUT2D eigenvalue weighted by molar-refractivity contribution is 5.96. The summed E-state index contributed by atoms with van der Waals surface area (Å²) < 4.78 is 0.